The molecule has 0 saturated carbocycles. The zero-order valence-electron chi connectivity index (χ0n) is 8.19. The Morgan fingerprint density at radius 2 is 2.43 bits per heavy atom. The van der Waals surface area contributed by atoms with Crippen molar-refractivity contribution < 1.29 is 14.6 Å². The highest BCUT2D eigenvalue weighted by Crippen LogP contribution is 2.25. The van der Waals surface area contributed by atoms with Crippen LogP contribution < -0.4 is 0 Å². The molecule has 1 heterocycles. The summed E-state index contributed by atoms with van der Waals surface area (Å²) in [5.74, 6) is -0.930. The van der Waals surface area contributed by atoms with Gasteiger partial charge in [-0.3, -0.25) is 0 Å². The van der Waals surface area contributed by atoms with Crippen LogP contribution >= 0.6 is 11.3 Å². The molecule has 78 valence electrons. The lowest BCUT2D eigenvalue weighted by Gasteiger charge is -2.10. The second-order valence-corrected chi connectivity index (χ2v) is 3.78. The van der Waals surface area contributed by atoms with Gasteiger partial charge in [0.05, 0.1) is 6.20 Å². The molecule has 0 fully saturated rings. The van der Waals surface area contributed by atoms with E-state index in [1.807, 2.05) is 13.8 Å². The number of ether oxygens (including phenoxy) is 1. The second-order valence-electron chi connectivity index (χ2n) is 2.72. The maximum atomic E-state index is 10.6. The average Bonchev–Trinajstić information content (AvgIpc) is 2.63. The minimum atomic E-state index is -0.930. The van der Waals surface area contributed by atoms with Crippen molar-refractivity contribution in [1.29, 1.82) is 0 Å². The van der Waals surface area contributed by atoms with Crippen molar-refractivity contribution in [3.63, 3.8) is 0 Å². The standard InChI is InChI=1S/C9H13NO3S/c1-3-6(13-4-2)8-10-5-7(14-8)9(11)12/h5-6H,3-4H2,1-2H3,(H,11,12). The summed E-state index contributed by atoms with van der Waals surface area (Å²) in [5.41, 5.74) is 0. The summed E-state index contributed by atoms with van der Waals surface area (Å²) in [6, 6.07) is 0. The first-order valence-corrected chi connectivity index (χ1v) is 5.31. The maximum Gasteiger partial charge on any atom is 0.347 e. The molecule has 0 saturated heterocycles. The number of carboxylic acids is 1. The molecule has 4 nitrogen and oxygen atoms in total. The second kappa shape index (κ2) is 5.07. The molecule has 0 aromatic carbocycles. The molecule has 0 amide bonds. The SMILES string of the molecule is CCOC(CC)c1ncc(C(=O)O)s1. The van der Waals surface area contributed by atoms with Gasteiger partial charge in [-0.15, -0.1) is 11.3 Å². The Balaban J connectivity index is 2.78. The van der Waals surface area contributed by atoms with Gasteiger partial charge in [0.1, 0.15) is 16.0 Å². The Kier molecular flexibility index (Phi) is 4.03. The lowest BCUT2D eigenvalue weighted by Crippen LogP contribution is -2.01. The van der Waals surface area contributed by atoms with Gasteiger partial charge in [-0.1, -0.05) is 6.92 Å². The van der Waals surface area contributed by atoms with Crippen molar-refractivity contribution in [2.24, 2.45) is 0 Å². The molecule has 14 heavy (non-hydrogen) atoms. The molecule has 0 bridgehead atoms. The van der Waals surface area contributed by atoms with Crippen LogP contribution in [0.1, 0.15) is 41.1 Å². The third kappa shape index (κ3) is 2.52. The fourth-order valence-corrected chi connectivity index (χ4v) is 1.99. The van der Waals surface area contributed by atoms with E-state index in [-0.39, 0.29) is 11.0 Å². The Labute approximate surface area is 86.6 Å². The fourth-order valence-electron chi connectivity index (χ4n) is 1.10. The highest BCUT2D eigenvalue weighted by atomic mass is 32.1. The van der Waals surface area contributed by atoms with E-state index >= 15 is 0 Å². The molecular formula is C9H13NO3S. The Bertz CT molecular complexity index is 311. The van der Waals surface area contributed by atoms with Crippen molar-refractivity contribution in [2.75, 3.05) is 6.61 Å². The summed E-state index contributed by atoms with van der Waals surface area (Å²) in [7, 11) is 0. The summed E-state index contributed by atoms with van der Waals surface area (Å²) >= 11 is 1.18. The number of thiazole rings is 1. The van der Waals surface area contributed by atoms with Crippen molar-refractivity contribution in [3.05, 3.63) is 16.1 Å². The number of aromatic nitrogens is 1. The van der Waals surface area contributed by atoms with Gasteiger partial charge in [-0.05, 0) is 13.3 Å². The van der Waals surface area contributed by atoms with Gasteiger partial charge in [0.15, 0.2) is 0 Å². The van der Waals surface area contributed by atoms with E-state index in [9.17, 15) is 4.79 Å². The molecule has 1 rings (SSSR count). The van der Waals surface area contributed by atoms with Gasteiger partial charge in [0.2, 0.25) is 0 Å². The van der Waals surface area contributed by atoms with Crippen molar-refractivity contribution in [3.8, 4) is 0 Å². The number of carboxylic acid groups (broad SMARTS) is 1. The monoisotopic (exact) mass is 215 g/mol. The van der Waals surface area contributed by atoms with E-state index in [0.29, 0.717) is 6.61 Å². The molecule has 1 aromatic heterocycles. The quantitative estimate of drug-likeness (QED) is 0.818. The number of hydrogen-bond donors (Lipinski definition) is 1. The number of nitrogens with zero attached hydrogens (tertiary/aromatic N) is 1. The highest BCUT2D eigenvalue weighted by Gasteiger charge is 2.16. The lowest BCUT2D eigenvalue weighted by molar-refractivity contribution is 0.0596. The summed E-state index contributed by atoms with van der Waals surface area (Å²) in [5, 5.41) is 9.45. The molecule has 1 N–H and O–H groups in total. The average molecular weight is 215 g/mol. The summed E-state index contributed by atoms with van der Waals surface area (Å²) < 4.78 is 5.43. The minimum absolute atomic E-state index is 0.0712. The van der Waals surface area contributed by atoms with Crippen molar-refractivity contribution in [1.82, 2.24) is 4.98 Å². The van der Waals surface area contributed by atoms with Crippen LogP contribution in [0.15, 0.2) is 6.20 Å². The Morgan fingerprint density at radius 1 is 1.71 bits per heavy atom. The van der Waals surface area contributed by atoms with E-state index in [0.717, 1.165) is 11.4 Å². The third-order valence-corrected chi connectivity index (χ3v) is 2.83. The number of aromatic carboxylic acids is 1. The predicted octanol–water partition coefficient (Wildman–Crippen LogP) is 2.33. The third-order valence-electron chi connectivity index (χ3n) is 1.75. The zero-order chi connectivity index (χ0) is 10.6. The van der Waals surface area contributed by atoms with E-state index in [1.165, 1.54) is 17.5 Å². The minimum Gasteiger partial charge on any atom is -0.477 e. The molecular weight excluding hydrogens is 202 g/mol. The molecule has 0 aliphatic rings. The molecule has 5 heteroatoms. The smallest absolute Gasteiger partial charge is 0.347 e. The largest absolute Gasteiger partial charge is 0.477 e. The zero-order valence-corrected chi connectivity index (χ0v) is 9.00. The molecule has 0 spiro atoms. The van der Waals surface area contributed by atoms with Gasteiger partial charge in [-0.2, -0.15) is 0 Å². The fraction of sp³-hybridized carbons (Fsp3) is 0.556. The molecule has 1 aromatic rings. The van der Waals surface area contributed by atoms with Crippen LogP contribution in [0, 0.1) is 0 Å². The maximum absolute atomic E-state index is 10.6. The molecule has 0 aliphatic heterocycles. The van der Waals surface area contributed by atoms with Crippen LogP contribution in [0.25, 0.3) is 0 Å². The highest BCUT2D eigenvalue weighted by molar-refractivity contribution is 7.13. The molecule has 1 atom stereocenters. The van der Waals surface area contributed by atoms with Crippen LogP contribution in [0.5, 0.6) is 0 Å². The van der Waals surface area contributed by atoms with Gasteiger partial charge in [0.25, 0.3) is 0 Å². The summed E-state index contributed by atoms with van der Waals surface area (Å²) in [6.45, 7) is 4.51. The topological polar surface area (TPSA) is 59.4 Å². The van der Waals surface area contributed by atoms with Crippen LogP contribution in [-0.2, 0) is 4.74 Å². The van der Waals surface area contributed by atoms with E-state index < -0.39 is 5.97 Å². The molecule has 1 unspecified atom stereocenters. The first kappa shape index (κ1) is 11.1. The van der Waals surface area contributed by atoms with Crippen LogP contribution in [-0.4, -0.2) is 22.7 Å². The first-order chi connectivity index (χ1) is 6.69. The van der Waals surface area contributed by atoms with E-state index in [4.69, 9.17) is 9.84 Å². The summed E-state index contributed by atoms with van der Waals surface area (Å²) in [4.78, 5) is 14.9. The van der Waals surface area contributed by atoms with E-state index in [2.05, 4.69) is 4.98 Å². The predicted molar refractivity (Wildman–Crippen MR) is 53.7 cm³/mol. The number of carbonyl (C=O) groups is 1. The summed E-state index contributed by atoms with van der Waals surface area (Å²) in [6.07, 6.45) is 2.11. The number of rotatable bonds is 5. The van der Waals surface area contributed by atoms with Gasteiger partial charge in [0, 0.05) is 6.61 Å². The Hall–Kier alpha value is -0.940. The van der Waals surface area contributed by atoms with Gasteiger partial charge < -0.3 is 9.84 Å². The normalized spacial score (nSPS) is 12.7. The van der Waals surface area contributed by atoms with Crippen LogP contribution in [0.3, 0.4) is 0 Å². The van der Waals surface area contributed by atoms with E-state index in [1.54, 1.807) is 0 Å². The van der Waals surface area contributed by atoms with Crippen LogP contribution in [0.2, 0.25) is 0 Å². The van der Waals surface area contributed by atoms with Crippen LogP contribution in [0.4, 0.5) is 0 Å². The van der Waals surface area contributed by atoms with Gasteiger partial charge >= 0.3 is 5.97 Å². The van der Waals surface area contributed by atoms with Crippen molar-refractivity contribution in [2.45, 2.75) is 26.4 Å². The molecule has 0 radical (unpaired) electrons. The first-order valence-electron chi connectivity index (χ1n) is 4.49. The number of hydrogen-bond acceptors (Lipinski definition) is 4. The van der Waals surface area contributed by atoms with Gasteiger partial charge in [-0.25, -0.2) is 9.78 Å². The molecule has 0 aliphatic carbocycles. The van der Waals surface area contributed by atoms with Crippen molar-refractivity contribution >= 4 is 17.3 Å². The lowest BCUT2D eigenvalue weighted by atomic mass is 10.3. The Morgan fingerprint density at radius 3 is 2.86 bits per heavy atom.